The van der Waals surface area contributed by atoms with Crippen molar-refractivity contribution in [1.29, 1.82) is 0 Å². The standard InChI is InChI=1S/C19H13N3O/c23-19(17-9-12-20-13-10-17)22-18-7-5-15(6-8-18)3-4-16-2-1-11-21-14-16/h1-2,5-14H,(H,22,23). The number of hydrogen-bond acceptors (Lipinski definition) is 3. The van der Waals surface area contributed by atoms with E-state index in [1.54, 1.807) is 36.9 Å². The van der Waals surface area contributed by atoms with Crippen LogP contribution in [0.25, 0.3) is 0 Å². The number of rotatable bonds is 2. The van der Waals surface area contributed by atoms with Gasteiger partial charge in [0.25, 0.3) is 5.91 Å². The zero-order chi connectivity index (χ0) is 15.9. The van der Waals surface area contributed by atoms with E-state index in [-0.39, 0.29) is 5.91 Å². The summed E-state index contributed by atoms with van der Waals surface area (Å²) in [6.45, 7) is 0. The molecule has 0 spiro atoms. The van der Waals surface area contributed by atoms with E-state index in [9.17, 15) is 4.79 Å². The Bertz CT molecular complexity index is 848. The molecule has 1 amide bonds. The third-order valence-corrected chi connectivity index (χ3v) is 3.10. The molecule has 4 nitrogen and oxygen atoms in total. The summed E-state index contributed by atoms with van der Waals surface area (Å²) in [5.41, 5.74) is 3.03. The molecule has 1 aromatic carbocycles. The van der Waals surface area contributed by atoms with Gasteiger partial charge < -0.3 is 5.32 Å². The Morgan fingerprint density at radius 2 is 1.57 bits per heavy atom. The van der Waals surface area contributed by atoms with Gasteiger partial charge in [0.1, 0.15) is 0 Å². The largest absolute Gasteiger partial charge is 0.322 e. The number of nitrogens with zero attached hydrogens (tertiary/aromatic N) is 2. The van der Waals surface area contributed by atoms with Crippen LogP contribution in [0, 0.1) is 11.8 Å². The molecule has 23 heavy (non-hydrogen) atoms. The molecular weight excluding hydrogens is 286 g/mol. The summed E-state index contributed by atoms with van der Waals surface area (Å²) in [6.07, 6.45) is 6.61. The molecular formula is C19H13N3O. The van der Waals surface area contributed by atoms with Crippen molar-refractivity contribution in [3.8, 4) is 11.8 Å². The summed E-state index contributed by atoms with van der Waals surface area (Å²) in [4.78, 5) is 19.9. The summed E-state index contributed by atoms with van der Waals surface area (Å²) in [7, 11) is 0. The van der Waals surface area contributed by atoms with Crippen molar-refractivity contribution < 1.29 is 4.79 Å². The predicted octanol–water partition coefficient (Wildman–Crippen LogP) is 3.13. The lowest BCUT2D eigenvalue weighted by molar-refractivity contribution is 0.102. The summed E-state index contributed by atoms with van der Waals surface area (Å²) in [6, 6.07) is 14.5. The topological polar surface area (TPSA) is 54.9 Å². The maximum absolute atomic E-state index is 12.0. The van der Waals surface area contributed by atoms with Crippen LogP contribution in [0.1, 0.15) is 21.5 Å². The highest BCUT2D eigenvalue weighted by Crippen LogP contribution is 2.11. The molecule has 0 unspecified atom stereocenters. The summed E-state index contributed by atoms with van der Waals surface area (Å²) in [5, 5.41) is 2.83. The monoisotopic (exact) mass is 299 g/mol. The second-order valence-corrected chi connectivity index (χ2v) is 4.76. The number of benzene rings is 1. The second kappa shape index (κ2) is 7.01. The molecule has 0 aliphatic heterocycles. The van der Waals surface area contributed by atoms with E-state index >= 15 is 0 Å². The van der Waals surface area contributed by atoms with Gasteiger partial charge in [0, 0.05) is 47.2 Å². The Labute approximate surface area is 134 Å². The van der Waals surface area contributed by atoms with Crippen LogP contribution in [-0.2, 0) is 0 Å². The van der Waals surface area contributed by atoms with Gasteiger partial charge in [-0.25, -0.2) is 0 Å². The van der Waals surface area contributed by atoms with Crippen molar-refractivity contribution in [1.82, 2.24) is 9.97 Å². The average molecular weight is 299 g/mol. The number of anilines is 1. The lowest BCUT2D eigenvalue weighted by atomic mass is 10.2. The van der Waals surface area contributed by atoms with Gasteiger partial charge in [-0.2, -0.15) is 0 Å². The Morgan fingerprint density at radius 1 is 0.826 bits per heavy atom. The fraction of sp³-hybridized carbons (Fsp3) is 0. The molecule has 0 aliphatic carbocycles. The van der Waals surface area contributed by atoms with Crippen LogP contribution in [-0.4, -0.2) is 15.9 Å². The van der Waals surface area contributed by atoms with Crippen LogP contribution in [0.15, 0.2) is 73.3 Å². The fourth-order valence-corrected chi connectivity index (χ4v) is 1.92. The number of carbonyl (C=O) groups is 1. The number of amides is 1. The van der Waals surface area contributed by atoms with Crippen LogP contribution in [0.3, 0.4) is 0 Å². The Balaban J connectivity index is 1.68. The summed E-state index contributed by atoms with van der Waals surface area (Å²) >= 11 is 0. The minimum atomic E-state index is -0.165. The highest BCUT2D eigenvalue weighted by molar-refractivity contribution is 6.04. The Morgan fingerprint density at radius 3 is 2.26 bits per heavy atom. The highest BCUT2D eigenvalue weighted by atomic mass is 16.1. The molecule has 3 aromatic rings. The van der Waals surface area contributed by atoms with E-state index in [1.807, 2.05) is 36.4 Å². The molecule has 0 atom stereocenters. The van der Waals surface area contributed by atoms with Crippen LogP contribution in [0.2, 0.25) is 0 Å². The van der Waals surface area contributed by atoms with Gasteiger partial charge in [0.15, 0.2) is 0 Å². The van der Waals surface area contributed by atoms with Crippen molar-refractivity contribution in [3.63, 3.8) is 0 Å². The molecule has 2 aromatic heterocycles. The van der Waals surface area contributed by atoms with Crippen LogP contribution in [0.4, 0.5) is 5.69 Å². The molecule has 0 saturated heterocycles. The van der Waals surface area contributed by atoms with Crippen molar-refractivity contribution in [2.75, 3.05) is 5.32 Å². The third-order valence-electron chi connectivity index (χ3n) is 3.10. The van der Waals surface area contributed by atoms with Crippen LogP contribution < -0.4 is 5.32 Å². The number of aromatic nitrogens is 2. The van der Waals surface area contributed by atoms with Gasteiger partial charge in [-0.15, -0.1) is 0 Å². The lowest BCUT2D eigenvalue weighted by Gasteiger charge is -2.04. The van der Waals surface area contributed by atoms with E-state index in [0.29, 0.717) is 5.56 Å². The smallest absolute Gasteiger partial charge is 0.255 e. The van der Waals surface area contributed by atoms with Crippen LogP contribution in [0.5, 0.6) is 0 Å². The van der Waals surface area contributed by atoms with Crippen molar-refractivity contribution in [2.24, 2.45) is 0 Å². The molecule has 4 heteroatoms. The molecule has 110 valence electrons. The Kier molecular flexibility index (Phi) is 4.41. The molecule has 1 N–H and O–H groups in total. The first kappa shape index (κ1) is 14.5. The molecule has 0 radical (unpaired) electrons. The second-order valence-electron chi connectivity index (χ2n) is 4.76. The predicted molar refractivity (Wildman–Crippen MR) is 88.8 cm³/mol. The average Bonchev–Trinajstić information content (AvgIpc) is 2.63. The summed E-state index contributed by atoms with van der Waals surface area (Å²) < 4.78 is 0. The van der Waals surface area contributed by atoms with Gasteiger partial charge in [-0.3, -0.25) is 14.8 Å². The number of pyridine rings is 2. The minimum absolute atomic E-state index is 0.165. The zero-order valence-electron chi connectivity index (χ0n) is 12.2. The zero-order valence-corrected chi connectivity index (χ0v) is 12.2. The van der Waals surface area contributed by atoms with Crippen molar-refractivity contribution >= 4 is 11.6 Å². The SMILES string of the molecule is O=C(Nc1ccc(C#Cc2cccnc2)cc1)c1ccncc1. The maximum atomic E-state index is 12.0. The van der Waals surface area contributed by atoms with Gasteiger partial charge in [-0.1, -0.05) is 11.8 Å². The lowest BCUT2D eigenvalue weighted by Crippen LogP contribution is -2.11. The molecule has 2 heterocycles. The van der Waals surface area contributed by atoms with E-state index in [2.05, 4.69) is 27.1 Å². The highest BCUT2D eigenvalue weighted by Gasteiger charge is 2.04. The van der Waals surface area contributed by atoms with Crippen molar-refractivity contribution in [2.45, 2.75) is 0 Å². The summed E-state index contributed by atoms with van der Waals surface area (Å²) in [5.74, 6) is 5.94. The fourth-order valence-electron chi connectivity index (χ4n) is 1.92. The maximum Gasteiger partial charge on any atom is 0.255 e. The quantitative estimate of drug-likeness (QED) is 0.740. The number of hydrogen-bond donors (Lipinski definition) is 1. The number of nitrogens with one attached hydrogen (secondary N) is 1. The first-order chi connectivity index (χ1) is 11.3. The van der Waals surface area contributed by atoms with E-state index in [1.165, 1.54) is 0 Å². The van der Waals surface area contributed by atoms with E-state index in [4.69, 9.17) is 0 Å². The van der Waals surface area contributed by atoms with E-state index in [0.717, 1.165) is 16.8 Å². The van der Waals surface area contributed by atoms with Crippen molar-refractivity contribution in [3.05, 3.63) is 90.0 Å². The molecule has 3 rings (SSSR count). The molecule has 0 saturated carbocycles. The van der Waals surface area contributed by atoms with Gasteiger partial charge in [-0.05, 0) is 48.5 Å². The van der Waals surface area contributed by atoms with Gasteiger partial charge in [0.2, 0.25) is 0 Å². The number of carbonyl (C=O) groups excluding carboxylic acids is 1. The first-order valence-electron chi connectivity index (χ1n) is 7.05. The normalized spacial score (nSPS) is 9.57. The molecule has 0 fully saturated rings. The Hall–Kier alpha value is -3.45. The van der Waals surface area contributed by atoms with Gasteiger partial charge >= 0.3 is 0 Å². The molecule has 0 bridgehead atoms. The molecule has 0 aliphatic rings. The first-order valence-corrected chi connectivity index (χ1v) is 7.05. The third kappa shape index (κ3) is 4.02. The van der Waals surface area contributed by atoms with Crippen LogP contribution >= 0.6 is 0 Å². The minimum Gasteiger partial charge on any atom is -0.322 e. The van der Waals surface area contributed by atoms with E-state index < -0.39 is 0 Å². The van der Waals surface area contributed by atoms with Gasteiger partial charge in [0.05, 0.1) is 0 Å².